The number of aliphatic hydroxyl groups excluding tert-OH is 1. The molecule has 2 aromatic carbocycles. The number of aliphatic hydroxyl groups is 1. The van der Waals surface area contributed by atoms with E-state index in [-0.39, 0.29) is 12.5 Å². The van der Waals surface area contributed by atoms with E-state index in [1.54, 1.807) is 36.4 Å². The second-order valence-corrected chi connectivity index (χ2v) is 10.5. The Labute approximate surface area is 221 Å². The number of aromatic nitrogens is 2. The van der Waals surface area contributed by atoms with Gasteiger partial charge in [0.25, 0.3) is 5.91 Å². The third kappa shape index (κ3) is 6.03. The van der Waals surface area contributed by atoms with Gasteiger partial charge in [0, 0.05) is 47.0 Å². The first-order valence-corrected chi connectivity index (χ1v) is 13.5. The Morgan fingerprint density at radius 1 is 1.11 bits per heavy atom. The van der Waals surface area contributed by atoms with Gasteiger partial charge in [0.15, 0.2) is 4.90 Å². The number of hydrogen-bond donors (Lipinski definition) is 2. The molecule has 2 unspecified atom stereocenters. The summed E-state index contributed by atoms with van der Waals surface area (Å²) in [6.45, 7) is 4.13. The number of nitrogens with one attached hydrogen (secondary N) is 1. The number of nitrogens with zero attached hydrogens (tertiary/aromatic N) is 2. The molecule has 4 aromatic rings. The fourth-order valence-electron chi connectivity index (χ4n) is 4.37. The second-order valence-electron chi connectivity index (χ2n) is 8.78. The van der Waals surface area contributed by atoms with Gasteiger partial charge in [-0.15, -0.1) is 0 Å². The van der Waals surface area contributed by atoms with E-state index in [2.05, 4.69) is 10.3 Å². The van der Waals surface area contributed by atoms with Gasteiger partial charge in [0.1, 0.15) is 5.75 Å². The van der Waals surface area contributed by atoms with E-state index in [1.165, 1.54) is 6.07 Å². The molecule has 2 aromatic heterocycles. The molecule has 0 bridgehead atoms. The Kier molecular flexibility index (Phi) is 8.44. The fourth-order valence-corrected chi connectivity index (χ4v) is 5.14. The minimum absolute atomic E-state index is 0.305. The van der Waals surface area contributed by atoms with E-state index in [0.29, 0.717) is 40.4 Å². The summed E-state index contributed by atoms with van der Waals surface area (Å²) < 4.78 is 52.6. The Hall–Kier alpha value is -3.34. The van der Waals surface area contributed by atoms with Crippen molar-refractivity contribution in [1.29, 1.82) is 0 Å². The van der Waals surface area contributed by atoms with Crippen LogP contribution in [0.25, 0.3) is 10.9 Å². The van der Waals surface area contributed by atoms with Crippen molar-refractivity contribution < 1.29 is 27.6 Å². The predicted octanol–water partition coefficient (Wildman–Crippen LogP) is 5.26. The number of benzene rings is 2. The average molecular weight is 544 g/mol. The molecular weight excluding hydrogens is 515 g/mol. The van der Waals surface area contributed by atoms with Gasteiger partial charge in [0.2, 0.25) is 0 Å². The van der Waals surface area contributed by atoms with E-state index in [4.69, 9.17) is 0 Å². The Morgan fingerprint density at radius 3 is 2.42 bits per heavy atom. The van der Waals surface area contributed by atoms with E-state index >= 15 is 0 Å². The summed E-state index contributed by atoms with van der Waals surface area (Å²) in [6, 6.07) is 15.9. The molecule has 6 nitrogen and oxygen atoms in total. The van der Waals surface area contributed by atoms with Crippen LogP contribution in [-0.2, 0) is 30.3 Å². The quantitative estimate of drug-likeness (QED) is 0.282. The van der Waals surface area contributed by atoms with Crippen LogP contribution in [0.1, 0.15) is 52.8 Å². The number of fused-ring (bicyclic) bond motifs is 1. The fraction of sp³-hybridized carbons (Fsp3) is 0.286. The normalized spacial score (nSPS) is 13.4. The average Bonchev–Trinajstić information content (AvgIpc) is 3.27. The summed E-state index contributed by atoms with van der Waals surface area (Å²) in [4.78, 5) is 17.7. The van der Waals surface area contributed by atoms with E-state index in [0.717, 1.165) is 28.9 Å². The summed E-state index contributed by atoms with van der Waals surface area (Å²) in [5.41, 5.74) is 2.58. The SMILES string of the molecule is CCn1c(Cc2ccc(C(F)(F)F)cn2)cc2cc(C(=O)NC(CO)c3ccc([S+]([O-])CC)cc3)ccc21. The highest BCUT2D eigenvalue weighted by Crippen LogP contribution is 2.29. The summed E-state index contributed by atoms with van der Waals surface area (Å²) in [5.74, 6) is 0.145. The molecule has 0 radical (unpaired) electrons. The van der Waals surface area contributed by atoms with Crippen LogP contribution >= 0.6 is 0 Å². The second kappa shape index (κ2) is 11.6. The van der Waals surface area contributed by atoms with Crippen LogP contribution in [0.15, 0.2) is 71.8 Å². The lowest BCUT2D eigenvalue weighted by molar-refractivity contribution is -0.137. The first-order valence-electron chi connectivity index (χ1n) is 12.2. The van der Waals surface area contributed by atoms with E-state index < -0.39 is 29.0 Å². The van der Waals surface area contributed by atoms with Gasteiger partial charge in [-0.1, -0.05) is 12.1 Å². The minimum Gasteiger partial charge on any atom is -0.611 e. The van der Waals surface area contributed by atoms with Gasteiger partial charge >= 0.3 is 6.18 Å². The van der Waals surface area contributed by atoms with Crippen molar-refractivity contribution in [3.8, 4) is 0 Å². The molecule has 38 heavy (non-hydrogen) atoms. The highest BCUT2D eigenvalue weighted by molar-refractivity contribution is 7.91. The largest absolute Gasteiger partial charge is 0.611 e. The molecule has 0 saturated heterocycles. The first-order chi connectivity index (χ1) is 18.1. The van der Waals surface area contributed by atoms with Crippen LogP contribution in [0.2, 0.25) is 0 Å². The van der Waals surface area contributed by atoms with Crippen molar-refractivity contribution in [2.24, 2.45) is 0 Å². The molecule has 200 valence electrons. The van der Waals surface area contributed by atoms with Crippen molar-refractivity contribution in [1.82, 2.24) is 14.9 Å². The van der Waals surface area contributed by atoms with Crippen molar-refractivity contribution in [3.05, 3.63) is 94.9 Å². The van der Waals surface area contributed by atoms with Gasteiger partial charge < -0.3 is 19.5 Å². The van der Waals surface area contributed by atoms with Gasteiger partial charge in [-0.25, -0.2) is 0 Å². The molecule has 0 saturated carbocycles. The van der Waals surface area contributed by atoms with E-state index in [1.807, 2.05) is 30.5 Å². The van der Waals surface area contributed by atoms with Crippen molar-refractivity contribution in [2.45, 2.75) is 43.9 Å². The highest BCUT2D eigenvalue weighted by atomic mass is 32.2. The highest BCUT2D eigenvalue weighted by Gasteiger charge is 2.30. The molecule has 2 atom stereocenters. The Morgan fingerprint density at radius 2 is 1.84 bits per heavy atom. The number of amides is 1. The predicted molar refractivity (Wildman–Crippen MR) is 140 cm³/mol. The number of aryl methyl sites for hydroxylation is 1. The maximum atomic E-state index is 13.0. The number of pyridine rings is 1. The molecule has 2 N–H and O–H groups in total. The number of rotatable bonds is 9. The van der Waals surface area contributed by atoms with Crippen molar-refractivity contribution in [2.75, 3.05) is 12.4 Å². The van der Waals surface area contributed by atoms with Gasteiger partial charge in [0.05, 0.1) is 18.2 Å². The third-order valence-electron chi connectivity index (χ3n) is 6.38. The molecule has 2 heterocycles. The minimum atomic E-state index is -4.44. The monoisotopic (exact) mass is 543 g/mol. The lowest BCUT2D eigenvalue weighted by Gasteiger charge is -2.17. The van der Waals surface area contributed by atoms with Crippen LogP contribution in [0.4, 0.5) is 13.2 Å². The molecule has 0 spiro atoms. The number of halogens is 3. The third-order valence-corrected chi connectivity index (χ3v) is 7.70. The van der Waals surface area contributed by atoms with Crippen molar-refractivity contribution in [3.63, 3.8) is 0 Å². The zero-order chi connectivity index (χ0) is 27.4. The molecule has 4 rings (SSSR count). The smallest absolute Gasteiger partial charge is 0.417 e. The first kappa shape index (κ1) is 27.7. The summed E-state index contributed by atoms with van der Waals surface area (Å²) in [6.07, 6.45) is -3.26. The van der Waals surface area contributed by atoms with Crippen molar-refractivity contribution >= 4 is 28.0 Å². The van der Waals surface area contributed by atoms with Crippen LogP contribution < -0.4 is 5.32 Å². The molecule has 10 heteroatoms. The summed E-state index contributed by atoms with van der Waals surface area (Å²) in [5, 5.41) is 13.6. The maximum Gasteiger partial charge on any atom is 0.417 e. The van der Waals surface area contributed by atoms with Gasteiger partial charge in [-0.2, -0.15) is 13.2 Å². The standard InChI is InChI=1S/C28H28F3N3O3S/c1-3-34-23(15-22-9-8-21(16-32-22)28(29,30)31)14-20-13-19(7-12-26(20)34)27(36)33-25(17-35)18-5-10-24(11-6-18)38(37)4-2/h5-14,16,25,35H,3-4,15,17H2,1-2H3,(H,33,36). The van der Waals surface area contributed by atoms with E-state index in [9.17, 15) is 27.6 Å². The van der Waals surface area contributed by atoms with Gasteiger partial charge in [-0.3, -0.25) is 9.78 Å². The number of hydrogen-bond acceptors (Lipinski definition) is 4. The Balaban J connectivity index is 1.53. The molecule has 0 aliphatic rings. The topological polar surface area (TPSA) is 90.2 Å². The molecule has 1 amide bonds. The lowest BCUT2D eigenvalue weighted by atomic mass is 10.1. The number of carbonyl (C=O) groups excluding carboxylic acids is 1. The van der Waals surface area contributed by atoms with Gasteiger partial charge in [-0.05, 0) is 79.1 Å². The molecule has 0 aliphatic heterocycles. The number of carbonyl (C=O) groups is 1. The van der Waals surface area contributed by atoms with Crippen LogP contribution in [0.3, 0.4) is 0 Å². The zero-order valence-electron chi connectivity index (χ0n) is 21.0. The summed E-state index contributed by atoms with van der Waals surface area (Å²) >= 11 is -1.09. The lowest BCUT2D eigenvalue weighted by Crippen LogP contribution is -2.30. The number of alkyl halides is 3. The molecule has 0 aliphatic carbocycles. The zero-order valence-corrected chi connectivity index (χ0v) is 21.8. The van der Waals surface area contributed by atoms with Crippen LogP contribution in [0, 0.1) is 0 Å². The van der Waals surface area contributed by atoms with Crippen LogP contribution in [0.5, 0.6) is 0 Å². The Bertz CT molecular complexity index is 1400. The molecule has 0 fully saturated rings. The van der Waals surface area contributed by atoms with Crippen LogP contribution in [-0.4, -0.2) is 37.5 Å². The molecular formula is C28H28F3N3O3S. The maximum absolute atomic E-state index is 13.0. The summed E-state index contributed by atoms with van der Waals surface area (Å²) in [7, 11) is 0.